The molecule has 1 heterocycles. The number of carbonyl (C=O) groups is 2. The minimum atomic E-state index is -0.993. The van der Waals surface area contributed by atoms with E-state index >= 15 is 0 Å². The number of carboxylic acid groups (broad SMARTS) is 1. The molecule has 3 rings (SSSR count). The van der Waals surface area contributed by atoms with Gasteiger partial charge in [-0.1, -0.05) is 30.3 Å². The second-order valence-corrected chi connectivity index (χ2v) is 6.68. The molecule has 0 saturated heterocycles. The predicted molar refractivity (Wildman–Crippen MR) is 103 cm³/mol. The second-order valence-electron chi connectivity index (χ2n) is 6.68. The Morgan fingerprint density at radius 2 is 1.86 bits per heavy atom. The number of fused-ring (bicyclic) bond motifs is 1. The van der Waals surface area contributed by atoms with Crippen molar-refractivity contribution < 1.29 is 19.1 Å². The topological polar surface area (TPSA) is 84.2 Å². The van der Waals surface area contributed by atoms with E-state index in [1.807, 2.05) is 35.1 Å². The maximum absolute atomic E-state index is 13.1. The highest BCUT2D eigenvalue weighted by atomic mass is 19.1. The number of carboxylic acids is 1. The second kappa shape index (κ2) is 9.12. The molecule has 0 saturated carbocycles. The molecule has 1 aromatic heterocycles. The first-order valence-corrected chi connectivity index (χ1v) is 9.17. The fourth-order valence-corrected chi connectivity index (χ4v) is 3.21. The zero-order valence-electron chi connectivity index (χ0n) is 15.3. The molecule has 3 aromatic rings. The Labute approximate surface area is 162 Å². The van der Waals surface area contributed by atoms with Crippen molar-refractivity contribution in [1.29, 1.82) is 0 Å². The van der Waals surface area contributed by atoms with Crippen molar-refractivity contribution in [2.75, 3.05) is 6.54 Å². The Morgan fingerprint density at radius 1 is 1.11 bits per heavy atom. The highest BCUT2D eigenvalue weighted by Gasteiger charge is 2.19. The molecule has 0 aliphatic carbocycles. The van der Waals surface area contributed by atoms with Crippen LogP contribution in [0.15, 0.2) is 54.7 Å². The van der Waals surface area contributed by atoms with Crippen molar-refractivity contribution in [1.82, 2.24) is 15.1 Å². The number of carbonyl (C=O) groups excluding carboxylic acids is 1. The van der Waals surface area contributed by atoms with Crippen molar-refractivity contribution in [2.45, 2.75) is 31.7 Å². The van der Waals surface area contributed by atoms with Gasteiger partial charge in [-0.2, -0.15) is 5.10 Å². The highest BCUT2D eigenvalue weighted by Crippen LogP contribution is 2.24. The molecule has 146 valence electrons. The van der Waals surface area contributed by atoms with Crippen LogP contribution in [0.3, 0.4) is 0 Å². The molecule has 0 fully saturated rings. The molecule has 0 radical (unpaired) electrons. The van der Waals surface area contributed by atoms with Crippen LogP contribution in [0.5, 0.6) is 0 Å². The first-order valence-electron chi connectivity index (χ1n) is 9.17. The zero-order chi connectivity index (χ0) is 19.9. The molecular formula is C21H22FN3O3. The van der Waals surface area contributed by atoms with Gasteiger partial charge in [-0.3, -0.25) is 14.3 Å². The van der Waals surface area contributed by atoms with E-state index in [1.165, 1.54) is 24.3 Å². The number of aryl methyl sites for hydroxylation is 1. The van der Waals surface area contributed by atoms with Gasteiger partial charge >= 0.3 is 5.97 Å². The minimum Gasteiger partial charge on any atom is -0.481 e. The normalized spacial score (nSPS) is 12.0. The number of amides is 1. The molecule has 2 aromatic carbocycles. The van der Waals surface area contributed by atoms with Crippen LogP contribution < -0.4 is 5.32 Å². The van der Waals surface area contributed by atoms with E-state index in [2.05, 4.69) is 10.4 Å². The first-order chi connectivity index (χ1) is 13.5. The van der Waals surface area contributed by atoms with E-state index in [0.717, 1.165) is 10.9 Å². The molecule has 0 bridgehead atoms. The van der Waals surface area contributed by atoms with Gasteiger partial charge in [0.1, 0.15) is 5.82 Å². The van der Waals surface area contributed by atoms with E-state index < -0.39 is 17.7 Å². The number of hydrogen-bond donors (Lipinski definition) is 2. The highest BCUT2D eigenvalue weighted by molar-refractivity contribution is 5.79. The number of rotatable bonds is 9. The smallest absolute Gasteiger partial charge is 0.303 e. The molecule has 1 unspecified atom stereocenters. The largest absolute Gasteiger partial charge is 0.481 e. The Hall–Kier alpha value is -3.22. The van der Waals surface area contributed by atoms with Crippen LogP contribution in [0.4, 0.5) is 4.39 Å². The van der Waals surface area contributed by atoms with Crippen molar-refractivity contribution >= 4 is 22.8 Å². The number of hydrogen-bond acceptors (Lipinski definition) is 3. The Balaban J connectivity index is 1.50. The summed E-state index contributed by atoms with van der Waals surface area (Å²) < 4.78 is 15.0. The maximum atomic E-state index is 13.1. The van der Waals surface area contributed by atoms with Crippen molar-refractivity contribution in [2.24, 2.45) is 0 Å². The third-order valence-electron chi connectivity index (χ3n) is 4.61. The minimum absolute atomic E-state index is 0.0443. The van der Waals surface area contributed by atoms with Gasteiger partial charge in [0.25, 0.3) is 0 Å². The fraction of sp³-hybridized carbons (Fsp3) is 0.286. The van der Waals surface area contributed by atoms with E-state index in [4.69, 9.17) is 5.11 Å². The van der Waals surface area contributed by atoms with Gasteiger partial charge < -0.3 is 10.4 Å². The quantitative estimate of drug-likeness (QED) is 0.555. The third kappa shape index (κ3) is 5.16. The third-order valence-corrected chi connectivity index (χ3v) is 4.61. The molecule has 1 amide bonds. The predicted octanol–water partition coefficient (Wildman–Crippen LogP) is 3.33. The van der Waals surface area contributed by atoms with Crippen molar-refractivity contribution in [3.8, 4) is 0 Å². The van der Waals surface area contributed by atoms with Crippen LogP contribution >= 0.6 is 0 Å². The van der Waals surface area contributed by atoms with E-state index in [0.29, 0.717) is 25.1 Å². The van der Waals surface area contributed by atoms with Gasteiger partial charge in [-0.05, 0) is 30.2 Å². The van der Waals surface area contributed by atoms with Crippen molar-refractivity contribution in [3.63, 3.8) is 0 Å². The van der Waals surface area contributed by atoms with Crippen molar-refractivity contribution in [3.05, 3.63) is 66.1 Å². The summed E-state index contributed by atoms with van der Waals surface area (Å²) in [6.45, 7) is 1.14. The van der Waals surface area contributed by atoms with Gasteiger partial charge in [-0.15, -0.1) is 0 Å². The number of nitrogens with zero attached hydrogens (tertiary/aromatic N) is 2. The number of aromatic nitrogens is 2. The maximum Gasteiger partial charge on any atom is 0.303 e. The molecule has 0 spiro atoms. The molecular weight excluding hydrogens is 361 g/mol. The standard InChI is InChI=1S/C21H22FN3O3/c22-18-8-6-15(7-9-18)17(13-21(27)28)12-20(26)23-10-3-11-25-19-5-2-1-4-16(19)14-24-25/h1-2,4-9,14,17H,3,10-13H2,(H,23,26)(H,27,28). The fourth-order valence-electron chi connectivity index (χ4n) is 3.21. The number of benzene rings is 2. The molecule has 28 heavy (non-hydrogen) atoms. The van der Waals surface area contributed by atoms with Gasteiger partial charge in [0.05, 0.1) is 18.1 Å². The summed E-state index contributed by atoms with van der Waals surface area (Å²) in [6.07, 6.45) is 2.38. The molecule has 1 atom stereocenters. The Kier molecular flexibility index (Phi) is 6.37. The average Bonchev–Trinajstić information content (AvgIpc) is 3.08. The van der Waals surface area contributed by atoms with Crippen LogP contribution in [0, 0.1) is 5.82 Å². The number of para-hydroxylation sites is 1. The monoisotopic (exact) mass is 383 g/mol. The summed E-state index contributed by atoms with van der Waals surface area (Å²) >= 11 is 0. The van der Waals surface area contributed by atoms with Gasteiger partial charge in [0.15, 0.2) is 0 Å². The van der Waals surface area contributed by atoms with Crippen LogP contribution in [0.1, 0.15) is 30.7 Å². The lowest BCUT2D eigenvalue weighted by Crippen LogP contribution is -2.27. The summed E-state index contributed by atoms with van der Waals surface area (Å²) in [4.78, 5) is 23.4. The van der Waals surface area contributed by atoms with Gasteiger partial charge in [-0.25, -0.2) is 4.39 Å². The lowest BCUT2D eigenvalue weighted by atomic mass is 9.92. The Morgan fingerprint density at radius 3 is 2.61 bits per heavy atom. The van der Waals surface area contributed by atoms with Crippen LogP contribution in [0.2, 0.25) is 0 Å². The molecule has 0 aliphatic rings. The molecule has 7 heteroatoms. The Bertz CT molecular complexity index is 953. The summed E-state index contributed by atoms with van der Waals surface area (Å²) in [5.41, 5.74) is 1.69. The lowest BCUT2D eigenvalue weighted by Gasteiger charge is -2.15. The number of nitrogens with one attached hydrogen (secondary N) is 1. The van der Waals surface area contributed by atoms with Crippen LogP contribution in [-0.4, -0.2) is 33.3 Å². The molecule has 0 aliphatic heterocycles. The zero-order valence-corrected chi connectivity index (χ0v) is 15.3. The SMILES string of the molecule is O=C(O)CC(CC(=O)NCCCn1ncc2ccccc21)c1ccc(F)cc1. The number of aliphatic carboxylic acids is 1. The molecule has 6 nitrogen and oxygen atoms in total. The first kappa shape index (κ1) is 19.5. The lowest BCUT2D eigenvalue weighted by molar-refractivity contribution is -0.137. The van der Waals surface area contributed by atoms with Crippen LogP contribution in [0.25, 0.3) is 10.9 Å². The summed E-state index contributed by atoms with van der Waals surface area (Å²) in [5, 5.41) is 17.4. The van der Waals surface area contributed by atoms with Gasteiger partial charge in [0, 0.05) is 30.8 Å². The van der Waals surface area contributed by atoms with Gasteiger partial charge in [0.2, 0.25) is 5.91 Å². The summed E-state index contributed by atoms with van der Waals surface area (Å²) in [6, 6.07) is 13.5. The number of halogens is 1. The van der Waals surface area contributed by atoms with Crippen LogP contribution in [-0.2, 0) is 16.1 Å². The molecule has 2 N–H and O–H groups in total. The summed E-state index contributed by atoms with van der Waals surface area (Å²) in [7, 11) is 0. The average molecular weight is 383 g/mol. The van der Waals surface area contributed by atoms with E-state index in [9.17, 15) is 14.0 Å². The van der Waals surface area contributed by atoms with E-state index in [-0.39, 0.29) is 18.7 Å². The summed E-state index contributed by atoms with van der Waals surface area (Å²) in [5.74, 6) is -2.10. The van der Waals surface area contributed by atoms with E-state index in [1.54, 1.807) is 0 Å².